The van der Waals surface area contributed by atoms with Crippen LogP contribution in [0.3, 0.4) is 0 Å². The number of ether oxygens (including phenoxy) is 1. The van der Waals surface area contributed by atoms with E-state index in [4.69, 9.17) is 4.74 Å². The predicted octanol–water partition coefficient (Wildman–Crippen LogP) is 3.54. The molecule has 1 unspecified atom stereocenters. The number of alkyl halides is 3. The molecule has 0 aliphatic carbocycles. The van der Waals surface area contributed by atoms with Crippen LogP contribution < -0.4 is 5.32 Å². The number of esters is 1. The van der Waals surface area contributed by atoms with Crippen LogP contribution in [0.15, 0.2) is 60.0 Å². The van der Waals surface area contributed by atoms with Gasteiger partial charge in [0.1, 0.15) is 17.6 Å². The number of amides is 1. The molecule has 2 N–H and O–H groups in total. The number of cyclic esters (lactones) is 1. The standard InChI is InChI=1S/C18H13F3N2O4/c19-18(20,21)14-7-6-11(9-22-14)23-16(25)15-12(24)8-13(27-17(15)26)10-4-2-1-3-5-10/h1-7,9,13,24H,8H2,(H,23,25). The molecule has 6 nitrogen and oxygen atoms in total. The number of benzene rings is 1. The van der Waals surface area contributed by atoms with E-state index < -0.39 is 41.2 Å². The number of rotatable bonds is 3. The minimum Gasteiger partial charge on any atom is -0.511 e. The van der Waals surface area contributed by atoms with E-state index in [2.05, 4.69) is 10.3 Å². The molecule has 0 bridgehead atoms. The normalized spacial score (nSPS) is 17.4. The zero-order valence-corrected chi connectivity index (χ0v) is 13.7. The quantitative estimate of drug-likeness (QED) is 0.630. The van der Waals surface area contributed by atoms with Crippen LogP contribution in [0.5, 0.6) is 0 Å². The number of nitrogens with zero attached hydrogens (tertiary/aromatic N) is 1. The van der Waals surface area contributed by atoms with Crippen molar-refractivity contribution in [2.24, 2.45) is 0 Å². The number of aliphatic hydroxyl groups excluding tert-OH is 1. The van der Waals surface area contributed by atoms with Gasteiger partial charge in [-0.25, -0.2) is 9.78 Å². The molecule has 0 radical (unpaired) electrons. The Morgan fingerprint density at radius 1 is 1.19 bits per heavy atom. The van der Waals surface area contributed by atoms with Gasteiger partial charge in [0.25, 0.3) is 5.91 Å². The second-order valence-electron chi connectivity index (χ2n) is 5.71. The molecule has 9 heteroatoms. The molecule has 0 spiro atoms. The highest BCUT2D eigenvalue weighted by atomic mass is 19.4. The third-order valence-electron chi connectivity index (χ3n) is 3.83. The molecule has 27 heavy (non-hydrogen) atoms. The maximum absolute atomic E-state index is 12.5. The fourth-order valence-corrected chi connectivity index (χ4v) is 2.53. The summed E-state index contributed by atoms with van der Waals surface area (Å²) in [5.74, 6) is -2.48. The third kappa shape index (κ3) is 4.08. The van der Waals surface area contributed by atoms with E-state index in [1.807, 2.05) is 0 Å². The van der Waals surface area contributed by atoms with Gasteiger partial charge in [0, 0.05) is 6.42 Å². The zero-order valence-electron chi connectivity index (χ0n) is 13.7. The summed E-state index contributed by atoms with van der Waals surface area (Å²) in [6, 6.07) is 10.4. The Balaban J connectivity index is 1.75. The van der Waals surface area contributed by atoms with Crippen LogP contribution >= 0.6 is 0 Å². The highest BCUT2D eigenvalue weighted by Crippen LogP contribution is 2.32. The Morgan fingerprint density at radius 2 is 1.89 bits per heavy atom. The number of anilines is 1. The monoisotopic (exact) mass is 378 g/mol. The molecular formula is C18H13F3N2O4. The second kappa shape index (κ2) is 7.10. The fourth-order valence-electron chi connectivity index (χ4n) is 2.53. The number of hydrogen-bond donors (Lipinski definition) is 2. The summed E-state index contributed by atoms with van der Waals surface area (Å²) in [5.41, 5.74) is -1.12. The lowest BCUT2D eigenvalue weighted by molar-refractivity contribution is -0.148. The van der Waals surface area contributed by atoms with E-state index >= 15 is 0 Å². The van der Waals surface area contributed by atoms with Crippen molar-refractivity contribution >= 4 is 17.6 Å². The minimum atomic E-state index is -4.61. The Kier molecular flexibility index (Phi) is 4.85. The molecule has 140 valence electrons. The van der Waals surface area contributed by atoms with Gasteiger partial charge in [-0.2, -0.15) is 13.2 Å². The fraction of sp³-hybridized carbons (Fsp3) is 0.167. The lowest BCUT2D eigenvalue weighted by Gasteiger charge is -2.24. The molecule has 0 saturated heterocycles. The maximum atomic E-state index is 12.5. The molecule has 2 heterocycles. The first-order valence-electron chi connectivity index (χ1n) is 7.78. The van der Waals surface area contributed by atoms with Crippen molar-refractivity contribution in [3.8, 4) is 0 Å². The lowest BCUT2D eigenvalue weighted by atomic mass is 10.00. The van der Waals surface area contributed by atoms with Crippen LogP contribution in [0.25, 0.3) is 0 Å². The van der Waals surface area contributed by atoms with Crippen molar-refractivity contribution in [3.63, 3.8) is 0 Å². The molecule has 1 amide bonds. The first kappa shape index (κ1) is 18.4. The third-order valence-corrected chi connectivity index (χ3v) is 3.83. The summed E-state index contributed by atoms with van der Waals surface area (Å²) in [6.45, 7) is 0. The predicted molar refractivity (Wildman–Crippen MR) is 87.4 cm³/mol. The number of pyridine rings is 1. The summed E-state index contributed by atoms with van der Waals surface area (Å²) >= 11 is 0. The Bertz CT molecular complexity index is 893. The highest BCUT2D eigenvalue weighted by Gasteiger charge is 2.35. The van der Waals surface area contributed by atoms with Crippen LogP contribution in [0.2, 0.25) is 0 Å². The minimum absolute atomic E-state index is 0.0636. The van der Waals surface area contributed by atoms with Crippen LogP contribution in [0.1, 0.15) is 23.8 Å². The molecule has 1 aromatic heterocycles. The Morgan fingerprint density at radius 3 is 2.44 bits per heavy atom. The number of carbonyl (C=O) groups is 2. The number of aliphatic hydroxyl groups is 1. The summed E-state index contributed by atoms with van der Waals surface area (Å²) in [4.78, 5) is 27.6. The summed E-state index contributed by atoms with van der Waals surface area (Å²) in [6.07, 6.45) is -4.63. The van der Waals surface area contributed by atoms with Crippen LogP contribution in [0.4, 0.5) is 18.9 Å². The van der Waals surface area contributed by atoms with E-state index in [0.717, 1.165) is 12.3 Å². The zero-order chi connectivity index (χ0) is 19.6. The Hall–Kier alpha value is -3.36. The molecule has 1 atom stereocenters. The first-order valence-corrected chi connectivity index (χ1v) is 7.78. The Labute approximate surface area is 151 Å². The first-order chi connectivity index (χ1) is 12.8. The second-order valence-corrected chi connectivity index (χ2v) is 5.71. The van der Waals surface area contributed by atoms with Crippen molar-refractivity contribution in [2.45, 2.75) is 18.7 Å². The number of carbonyl (C=O) groups excluding carboxylic acids is 2. The topological polar surface area (TPSA) is 88.5 Å². The van der Waals surface area contributed by atoms with Crippen LogP contribution in [-0.4, -0.2) is 22.0 Å². The lowest BCUT2D eigenvalue weighted by Crippen LogP contribution is -2.29. The molecule has 0 saturated carbocycles. The summed E-state index contributed by atoms with van der Waals surface area (Å²) < 4.78 is 42.7. The summed E-state index contributed by atoms with van der Waals surface area (Å²) in [7, 11) is 0. The van der Waals surface area contributed by atoms with Gasteiger partial charge in [0.15, 0.2) is 5.57 Å². The van der Waals surface area contributed by atoms with Crippen molar-refractivity contribution in [1.29, 1.82) is 0 Å². The van der Waals surface area contributed by atoms with E-state index in [-0.39, 0.29) is 12.1 Å². The van der Waals surface area contributed by atoms with E-state index in [0.29, 0.717) is 11.6 Å². The van der Waals surface area contributed by atoms with Crippen molar-refractivity contribution in [3.05, 3.63) is 71.3 Å². The van der Waals surface area contributed by atoms with Gasteiger partial charge < -0.3 is 15.2 Å². The molecule has 2 aromatic rings. The molecular weight excluding hydrogens is 365 g/mol. The highest BCUT2D eigenvalue weighted by molar-refractivity contribution is 6.21. The van der Waals surface area contributed by atoms with Gasteiger partial charge in [0.05, 0.1) is 11.9 Å². The number of hydrogen-bond acceptors (Lipinski definition) is 5. The van der Waals surface area contributed by atoms with Gasteiger partial charge in [-0.15, -0.1) is 0 Å². The van der Waals surface area contributed by atoms with E-state index in [9.17, 15) is 27.9 Å². The van der Waals surface area contributed by atoms with Gasteiger partial charge in [-0.05, 0) is 17.7 Å². The number of aromatic nitrogens is 1. The van der Waals surface area contributed by atoms with E-state index in [1.54, 1.807) is 30.3 Å². The van der Waals surface area contributed by atoms with Crippen molar-refractivity contribution < 1.29 is 32.6 Å². The van der Waals surface area contributed by atoms with Gasteiger partial charge >= 0.3 is 12.1 Å². The van der Waals surface area contributed by atoms with Crippen molar-refractivity contribution in [2.75, 3.05) is 5.32 Å². The maximum Gasteiger partial charge on any atom is 0.433 e. The smallest absolute Gasteiger partial charge is 0.433 e. The number of nitrogens with one attached hydrogen (secondary N) is 1. The van der Waals surface area contributed by atoms with Crippen LogP contribution in [0, 0.1) is 0 Å². The largest absolute Gasteiger partial charge is 0.511 e. The van der Waals surface area contributed by atoms with Gasteiger partial charge in [0.2, 0.25) is 0 Å². The average molecular weight is 378 g/mol. The molecule has 1 aromatic carbocycles. The van der Waals surface area contributed by atoms with Gasteiger partial charge in [-0.1, -0.05) is 30.3 Å². The number of halogens is 3. The van der Waals surface area contributed by atoms with Crippen molar-refractivity contribution in [1.82, 2.24) is 4.98 Å². The molecule has 0 fully saturated rings. The SMILES string of the molecule is O=C(Nc1ccc(C(F)(F)F)nc1)C1=C(O)CC(c2ccccc2)OC1=O. The molecule has 1 aliphatic rings. The average Bonchev–Trinajstić information content (AvgIpc) is 2.61. The molecule has 3 rings (SSSR count). The van der Waals surface area contributed by atoms with Crippen LogP contribution in [-0.2, 0) is 20.5 Å². The summed E-state index contributed by atoms with van der Waals surface area (Å²) in [5, 5.41) is 12.3. The molecule has 1 aliphatic heterocycles. The van der Waals surface area contributed by atoms with E-state index in [1.165, 1.54) is 0 Å². The van der Waals surface area contributed by atoms with Gasteiger partial charge in [-0.3, -0.25) is 4.79 Å².